The van der Waals surface area contributed by atoms with Gasteiger partial charge in [0.25, 0.3) is 6.43 Å². The van der Waals surface area contributed by atoms with E-state index in [4.69, 9.17) is 10.5 Å². The summed E-state index contributed by atoms with van der Waals surface area (Å²) in [4.78, 5) is 41.6. The fourth-order valence-corrected chi connectivity index (χ4v) is 4.13. The first kappa shape index (κ1) is 25.8. The highest BCUT2D eigenvalue weighted by molar-refractivity contribution is 5.76. The Kier molecular flexibility index (Phi) is 8.36. The molecule has 0 radical (unpaired) electrons. The molecule has 0 aliphatic carbocycles. The molecule has 0 aromatic carbocycles. The van der Waals surface area contributed by atoms with Crippen molar-refractivity contribution in [1.82, 2.24) is 34.7 Å². The number of nitrogens with zero attached hydrogens (tertiary/aromatic N) is 9. The minimum atomic E-state index is -2.88. The molecule has 2 saturated heterocycles. The second kappa shape index (κ2) is 11.6. The lowest BCUT2D eigenvalue weighted by Crippen LogP contribution is -2.49. The number of aromatic nitrogens is 5. The van der Waals surface area contributed by atoms with Crippen LogP contribution in [0.2, 0.25) is 0 Å². The van der Waals surface area contributed by atoms with E-state index in [-0.39, 0.29) is 23.2 Å². The van der Waals surface area contributed by atoms with E-state index in [1.54, 1.807) is 0 Å². The summed E-state index contributed by atoms with van der Waals surface area (Å²) < 4.78 is 32.9. The number of nitrogens with two attached hydrogens (primary N) is 1. The number of anilines is 3. The molecule has 2 aliphatic heterocycles. The highest BCUT2D eigenvalue weighted by atomic mass is 19.3. The molecule has 0 atom stereocenters. The molecule has 196 valence electrons. The van der Waals surface area contributed by atoms with E-state index >= 15 is 0 Å². The molecule has 0 bridgehead atoms. The average molecular weight is 507 g/mol. The van der Waals surface area contributed by atoms with Crippen molar-refractivity contribution in [2.45, 2.75) is 19.3 Å². The maximum atomic E-state index is 13.8. The average Bonchev–Trinajstić information content (AvgIpc) is 2.88. The van der Waals surface area contributed by atoms with Gasteiger partial charge >= 0.3 is 0 Å². The summed E-state index contributed by atoms with van der Waals surface area (Å²) >= 11 is 0. The molecule has 36 heavy (non-hydrogen) atoms. The van der Waals surface area contributed by atoms with Crippen molar-refractivity contribution in [2.75, 3.05) is 88.7 Å². The van der Waals surface area contributed by atoms with Crippen LogP contribution < -0.4 is 15.5 Å². The predicted molar refractivity (Wildman–Crippen MR) is 130 cm³/mol. The highest BCUT2D eigenvalue weighted by Gasteiger charge is 2.27. The monoisotopic (exact) mass is 506 g/mol. The van der Waals surface area contributed by atoms with Gasteiger partial charge in [0, 0.05) is 51.9 Å². The van der Waals surface area contributed by atoms with Crippen LogP contribution in [0.25, 0.3) is 11.4 Å². The Morgan fingerprint density at radius 2 is 1.67 bits per heavy atom. The van der Waals surface area contributed by atoms with E-state index in [0.717, 1.165) is 13.0 Å². The lowest BCUT2D eigenvalue weighted by atomic mass is 10.2. The van der Waals surface area contributed by atoms with E-state index in [1.165, 1.54) is 6.20 Å². The summed E-state index contributed by atoms with van der Waals surface area (Å²) in [6.45, 7) is 5.12. The molecule has 0 unspecified atom stereocenters. The zero-order valence-electron chi connectivity index (χ0n) is 20.6. The fourth-order valence-electron chi connectivity index (χ4n) is 4.13. The Morgan fingerprint density at radius 3 is 2.28 bits per heavy atom. The second-order valence-electron chi connectivity index (χ2n) is 8.96. The molecule has 0 spiro atoms. The van der Waals surface area contributed by atoms with Gasteiger partial charge in [-0.3, -0.25) is 4.79 Å². The van der Waals surface area contributed by atoms with Crippen molar-refractivity contribution in [3.05, 3.63) is 11.9 Å². The number of morpholine rings is 1. The van der Waals surface area contributed by atoms with Crippen molar-refractivity contribution < 1.29 is 18.3 Å². The zero-order chi connectivity index (χ0) is 25.7. The van der Waals surface area contributed by atoms with Crippen LogP contribution in [-0.4, -0.2) is 114 Å². The number of piperazine rings is 1. The fraction of sp³-hybridized carbons (Fsp3) is 0.636. The number of alkyl halides is 2. The Balaban J connectivity index is 1.57. The van der Waals surface area contributed by atoms with E-state index in [1.807, 2.05) is 28.8 Å². The van der Waals surface area contributed by atoms with Crippen LogP contribution in [0.4, 0.5) is 26.6 Å². The molecule has 2 aromatic heterocycles. The Morgan fingerprint density at radius 1 is 1.03 bits per heavy atom. The third-order valence-corrected chi connectivity index (χ3v) is 6.10. The summed E-state index contributed by atoms with van der Waals surface area (Å²) in [7, 11) is 3.97. The van der Waals surface area contributed by atoms with Crippen LogP contribution >= 0.6 is 0 Å². The number of carbonyl (C=O) groups is 1. The van der Waals surface area contributed by atoms with Gasteiger partial charge in [-0.15, -0.1) is 0 Å². The Labute approximate surface area is 208 Å². The Bertz CT molecular complexity index is 1040. The largest absolute Gasteiger partial charge is 0.378 e. The van der Waals surface area contributed by atoms with Gasteiger partial charge in [0.15, 0.2) is 5.82 Å². The normalized spacial score (nSPS) is 16.8. The van der Waals surface area contributed by atoms with Crippen LogP contribution in [-0.2, 0) is 9.53 Å². The van der Waals surface area contributed by atoms with E-state index in [9.17, 15) is 13.6 Å². The molecule has 12 nitrogen and oxygen atoms in total. The number of nitrogen functional groups attached to an aromatic ring is 1. The summed E-state index contributed by atoms with van der Waals surface area (Å²) in [5, 5.41) is 0. The van der Waals surface area contributed by atoms with Crippen molar-refractivity contribution >= 4 is 23.8 Å². The highest BCUT2D eigenvalue weighted by Crippen LogP contribution is 2.30. The summed E-state index contributed by atoms with van der Waals surface area (Å²) in [5.74, 6) is 0.667. The van der Waals surface area contributed by atoms with Gasteiger partial charge < -0.3 is 30.1 Å². The molecule has 1 amide bonds. The van der Waals surface area contributed by atoms with Crippen molar-refractivity contribution in [2.24, 2.45) is 0 Å². The molecule has 4 heterocycles. The first-order valence-corrected chi connectivity index (χ1v) is 12.0. The maximum Gasteiger partial charge on any atom is 0.281 e. The van der Waals surface area contributed by atoms with Crippen LogP contribution in [0.3, 0.4) is 0 Å². The Hall–Kier alpha value is -3.26. The third-order valence-electron chi connectivity index (χ3n) is 6.10. The van der Waals surface area contributed by atoms with E-state index in [0.29, 0.717) is 70.8 Å². The second-order valence-corrected chi connectivity index (χ2v) is 8.96. The van der Waals surface area contributed by atoms with E-state index in [2.05, 4.69) is 29.8 Å². The number of amides is 1. The lowest BCUT2D eigenvalue weighted by Gasteiger charge is -2.35. The van der Waals surface area contributed by atoms with E-state index < -0.39 is 12.1 Å². The summed E-state index contributed by atoms with van der Waals surface area (Å²) in [5.41, 5.74) is 5.03. The first-order chi connectivity index (χ1) is 17.3. The lowest BCUT2D eigenvalue weighted by molar-refractivity contribution is -0.131. The van der Waals surface area contributed by atoms with Gasteiger partial charge in [-0.05, 0) is 27.1 Å². The van der Waals surface area contributed by atoms with Gasteiger partial charge in [0.2, 0.25) is 23.8 Å². The molecule has 2 N–H and O–H groups in total. The number of carbonyl (C=O) groups excluding carboxylic acids is 1. The van der Waals surface area contributed by atoms with Crippen LogP contribution in [0.15, 0.2) is 6.20 Å². The molecule has 2 aliphatic rings. The number of ether oxygens (including phenoxy) is 1. The zero-order valence-corrected chi connectivity index (χ0v) is 20.6. The molecule has 4 rings (SSSR count). The third kappa shape index (κ3) is 6.29. The standard InChI is InChI=1S/C22H32F2N10O2/c1-31(2)5-3-4-16(35)32-6-8-33(9-7-32)21-28-19(15-14-26-20(25)27-17(15)18(23)24)29-22(30-21)34-10-12-36-13-11-34/h14,18H,3-13H2,1-2H3,(H2,25,26,27). The molecular formula is C22H32F2N10O2. The molecule has 14 heteroatoms. The smallest absolute Gasteiger partial charge is 0.281 e. The van der Waals surface area contributed by atoms with Gasteiger partial charge in [-0.25, -0.2) is 18.7 Å². The van der Waals surface area contributed by atoms with Crippen LogP contribution in [0, 0.1) is 0 Å². The van der Waals surface area contributed by atoms with Gasteiger partial charge in [0.05, 0.1) is 18.8 Å². The number of hydrogen-bond donors (Lipinski definition) is 1. The van der Waals surface area contributed by atoms with Crippen molar-refractivity contribution in [3.63, 3.8) is 0 Å². The summed E-state index contributed by atoms with van der Waals surface area (Å²) in [6.07, 6.45) is -0.347. The molecular weight excluding hydrogens is 474 g/mol. The van der Waals surface area contributed by atoms with Gasteiger partial charge in [-0.1, -0.05) is 0 Å². The molecule has 2 fully saturated rings. The van der Waals surface area contributed by atoms with Crippen molar-refractivity contribution in [1.29, 1.82) is 0 Å². The number of halogens is 2. The summed E-state index contributed by atoms with van der Waals surface area (Å²) in [6, 6.07) is 0. The molecule has 0 saturated carbocycles. The predicted octanol–water partition coefficient (Wildman–Crippen LogP) is 0.675. The quantitative estimate of drug-likeness (QED) is 0.542. The number of rotatable bonds is 8. The maximum absolute atomic E-state index is 13.8. The van der Waals surface area contributed by atoms with Crippen molar-refractivity contribution in [3.8, 4) is 11.4 Å². The van der Waals surface area contributed by atoms with Gasteiger partial charge in [-0.2, -0.15) is 15.0 Å². The minimum Gasteiger partial charge on any atom is -0.378 e. The van der Waals surface area contributed by atoms with Gasteiger partial charge in [0.1, 0.15) is 5.69 Å². The van der Waals surface area contributed by atoms with Crippen LogP contribution in [0.5, 0.6) is 0 Å². The number of hydrogen-bond acceptors (Lipinski definition) is 11. The first-order valence-electron chi connectivity index (χ1n) is 12.0. The molecule has 2 aromatic rings. The SMILES string of the molecule is CN(C)CCCC(=O)N1CCN(c2nc(-c3cnc(N)nc3C(F)F)nc(N3CCOCC3)n2)CC1. The minimum absolute atomic E-state index is 0.00654. The van der Waals surface area contributed by atoms with Crippen LogP contribution in [0.1, 0.15) is 25.0 Å². The topological polar surface area (TPSA) is 130 Å².